The number of aliphatic hydroxyl groups excluding tert-OH is 2. The normalized spacial score (nSPS) is 24.7. The van der Waals surface area contributed by atoms with Crippen LogP contribution < -0.4 is 5.73 Å². The van der Waals surface area contributed by atoms with Gasteiger partial charge < -0.3 is 39.9 Å². The maximum absolute atomic E-state index is 11.8. The molecule has 1 saturated heterocycles. The van der Waals surface area contributed by atoms with Crippen LogP contribution in [0.2, 0.25) is 0 Å². The molecule has 0 unspecified atom stereocenters. The Morgan fingerprint density at radius 1 is 1.34 bits per heavy atom. The van der Waals surface area contributed by atoms with Gasteiger partial charge in [-0.05, 0) is 12.7 Å². The molecule has 5 atom stereocenters. The van der Waals surface area contributed by atoms with E-state index in [-0.39, 0.29) is 23.6 Å². The number of rotatable bonds is 9. The van der Waals surface area contributed by atoms with Gasteiger partial charge in [0.15, 0.2) is 22.8 Å². The second-order valence-corrected chi connectivity index (χ2v) is 9.60. The first kappa shape index (κ1) is 24.8. The molecule has 0 amide bonds. The molecule has 0 spiro atoms. The molecule has 0 bridgehead atoms. The van der Waals surface area contributed by atoms with E-state index in [1.165, 1.54) is 29.6 Å². The lowest BCUT2D eigenvalue weighted by Gasteiger charge is -2.20. The maximum atomic E-state index is 11.8. The minimum atomic E-state index is -5.01. The number of aromatic nitrogens is 4. The van der Waals surface area contributed by atoms with Crippen molar-refractivity contribution in [2.24, 2.45) is 0 Å². The summed E-state index contributed by atoms with van der Waals surface area (Å²) < 4.78 is 28.3. The highest BCUT2D eigenvalue weighted by Gasteiger charge is 2.46. The summed E-state index contributed by atoms with van der Waals surface area (Å²) in [5.41, 5.74) is 6.48. The van der Waals surface area contributed by atoms with Crippen molar-refractivity contribution in [3.8, 4) is 0 Å². The average molecular weight is 493 g/mol. The van der Waals surface area contributed by atoms with Crippen LogP contribution in [0.1, 0.15) is 20.1 Å². The largest absolute Gasteiger partial charge is 0.464 e. The van der Waals surface area contributed by atoms with Gasteiger partial charge in [0.05, 0.1) is 19.5 Å². The van der Waals surface area contributed by atoms with Crippen molar-refractivity contribution in [2.75, 3.05) is 24.7 Å². The minimum absolute atomic E-state index is 0.112. The first-order valence-electron chi connectivity index (χ1n) is 9.56. The maximum Gasteiger partial charge on any atom is 0.365 e. The summed E-state index contributed by atoms with van der Waals surface area (Å²) in [6.07, 6.45) is -4.03. The molecule has 3 heterocycles. The van der Waals surface area contributed by atoms with E-state index >= 15 is 0 Å². The summed E-state index contributed by atoms with van der Waals surface area (Å²) in [5.74, 6) is -2.61. The molecule has 0 aliphatic carbocycles. The minimum Gasteiger partial charge on any atom is -0.464 e. The second-order valence-electron chi connectivity index (χ2n) is 6.72. The monoisotopic (exact) mass is 493 g/mol. The topological polar surface area (TPSA) is 212 Å². The number of thioether (sulfide) groups is 1. The van der Waals surface area contributed by atoms with E-state index in [1.54, 1.807) is 0 Å². The molecule has 178 valence electrons. The van der Waals surface area contributed by atoms with Gasteiger partial charge in [-0.25, -0.2) is 19.7 Å². The van der Waals surface area contributed by atoms with E-state index in [2.05, 4.69) is 19.7 Å². The van der Waals surface area contributed by atoms with Gasteiger partial charge in [-0.15, -0.1) is 0 Å². The van der Waals surface area contributed by atoms with Crippen LogP contribution in [0.15, 0.2) is 11.5 Å². The average Bonchev–Trinajstić information content (AvgIpc) is 3.24. The fraction of sp³-hybridized carbons (Fsp3) is 0.625. The Labute approximate surface area is 186 Å². The lowest BCUT2D eigenvalue weighted by atomic mass is 10.1. The van der Waals surface area contributed by atoms with Crippen LogP contribution in [-0.4, -0.2) is 88.6 Å². The summed E-state index contributed by atoms with van der Waals surface area (Å²) in [6, 6.07) is 0. The van der Waals surface area contributed by atoms with Crippen molar-refractivity contribution >= 4 is 42.3 Å². The number of hydrogen-bond donors (Lipinski definition) is 5. The van der Waals surface area contributed by atoms with Crippen molar-refractivity contribution in [1.29, 1.82) is 0 Å². The van der Waals surface area contributed by atoms with Crippen molar-refractivity contribution < 1.29 is 43.6 Å². The zero-order valence-corrected chi connectivity index (χ0v) is 18.8. The SMILES string of the molecule is CCOC(=O)[C@@H](OC[C@H]1O[C@@H](n2cnc3c(N)nc(SCC)nc32)[C@H](O)[C@H]1O)P(=O)(O)O. The number of esters is 1. The molecule has 16 heteroatoms. The van der Waals surface area contributed by atoms with E-state index in [1.807, 2.05) is 6.92 Å². The Morgan fingerprint density at radius 2 is 2.06 bits per heavy atom. The number of ether oxygens (including phenoxy) is 3. The third-order valence-electron chi connectivity index (χ3n) is 4.52. The summed E-state index contributed by atoms with van der Waals surface area (Å²) in [5, 5.41) is 21.3. The van der Waals surface area contributed by atoms with Gasteiger partial charge in [-0.3, -0.25) is 9.13 Å². The highest BCUT2D eigenvalue weighted by atomic mass is 32.2. The summed E-state index contributed by atoms with van der Waals surface area (Å²) in [6.45, 7) is 2.66. The fourth-order valence-electron chi connectivity index (χ4n) is 3.10. The van der Waals surface area contributed by atoms with Crippen molar-refractivity contribution in [2.45, 2.75) is 49.4 Å². The zero-order valence-electron chi connectivity index (χ0n) is 17.1. The molecule has 14 nitrogen and oxygen atoms in total. The summed E-state index contributed by atoms with van der Waals surface area (Å²) in [4.78, 5) is 43.2. The molecule has 6 N–H and O–H groups in total. The Bertz CT molecular complexity index is 1020. The van der Waals surface area contributed by atoms with Gasteiger partial charge in [0.25, 0.3) is 5.85 Å². The summed E-state index contributed by atoms with van der Waals surface area (Å²) >= 11 is 1.35. The number of nitrogen functional groups attached to an aromatic ring is 1. The number of nitrogens with zero attached hydrogens (tertiary/aromatic N) is 4. The number of hydrogen-bond acceptors (Lipinski definition) is 12. The summed E-state index contributed by atoms with van der Waals surface area (Å²) in [7, 11) is -5.01. The van der Waals surface area contributed by atoms with Gasteiger partial charge in [-0.2, -0.15) is 0 Å². The molecule has 1 aliphatic heterocycles. The molecule has 0 saturated carbocycles. The van der Waals surface area contributed by atoms with E-state index < -0.39 is 50.6 Å². The van der Waals surface area contributed by atoms with E-state index in [9.17, 15) is 29.4 Å². The van der Waals surface area contributed by atoms with Crippen molar-refractivity contribution in [3.63, 3.8) is 0 Å². The van der Waals surface area contributed by atoms with Crippen molar-refractivity contribution in [1.82, 2.24) is 19.5 Å². The lowest BCUT2D eigenvalue weighted by molar-refractivity contribution is -0.155. The molecule has 1 fully saturated rings. The molecule has 0 aromatic carbocycles. The molecule has 1 aliphatic rings. The molecule has 2 aromatic heterocycles. The number of fused-ring (bicyclic) bond motifs is 1. The molecule has 3 rings (SSSR count). The van der Waals surface area contributed by atoms with E-state index in [4.69, 9.17) is 15.2 Å². The van der Waals surface area contributed by atoms with E-state index in [0.29, 0.717) is 10.9 Å². The number of nitrogens with two attached hydrogens (primary N) is 1. The quantitative estimate of drug-likeness (QED) is 0.126. The fourth-order valence-corrected chi connectivity index (χ4v) is 4.30. The van der Waals surface area contributed by atoms with Crippen LogP contribution in [-0.2, 0) is 23.6 Å². The van der Waals surface area contributed by atoms with Gasteiger partial charge in [0.2, 0.25) is 0 Å². The number of anilines is 1. The number of imidazole rings is 1. The number of carbonyl (C=O) groups excluding carboxylic acids is 1. The molecular formula is C16H24N5O9PS. The molecule has 32 heavy (non-hydrogen) atoms. The standard InChI is InChI=1S/C16H24N5O9PS/c1-3-28-14(24)15(31(25,26)27)29-5-7-9(22)10(23)13(30-7)21-6-18-8-11(17)19-16(32-4-2)20-12(8)21/h6-7,9-10,13,15,22-23H,3-5H2,1-2H3,(H2,17,19,20)(H2,25,26,27)/t7-,9+,10-,13-,15+/m1/s1. The Morgan fingerprint density at radius 3 is 2.69 bits per heavy atom. The number of aliphatic hydroxyl groups is 2. The zero-order chi connectivity index (χ0) is 23.6. The predicted molar refractivity (Wildman–Crippen MR) is 110 cm³/mol. The Hall–Kier alpha value is -1.84. The predicted octanol–water partition coefficient (Wildman–Crippen LogP) is -0.777. The lowest BCUT2D eigenvalue weighted by Crippen LogP contribution is -2.36. The van der Waals surface area contributed by atoms with Crippen LogP contribution in [0, 0.1) is 0 Å². The van der Waals surface area contributed by atoms with Crippen LogP contribution in [0.3, 0.4) is 0 Å². The Kier molecular flexibility index (Phi) is 7.73. The van der Waals surface area contributed by atoms with Gasteiger partial charge in [0, 0.05) is 0 Å². The highest BCUT2D eigenvalue weighted by molar-refractivity contribution is 7.99. The van der Waals surface area contributed by atoms with Crippen LogP contribution in [0.5, 0.6) is 0 Å². The van der Waals surface area contributed by atoms with E-state index in [0.717, 1.165) is 0 Å². The number of carbonyl (C=O) groups is 1. The molecule has 0 radical (unpaired) electrons. The van der Waals surface area contributed by atoms with Crippen molar-refractivity contribution in [3.05, 3.63) is 6.33 Å². The first-order valence-corrected chi connectivity index (χ1v) is 12.2. The third kappa shape index (κ3) is 5.05. The first-order chi connectivity index (χ1) is 15.1. The molecular weight excluding hydrogens is 469 g/mol. The third-order valence-corrected chi connectivity index (χ3v) is 6.23. The van der Waals surface area contributed by atoms with Crippen LogP contribution in [0.4, 0.5) is 5.82 Å². The van der Waals surface area contributed by atoms with Crippen LogP contribution in [0.25, 0.3) is 11.2 Å². The van der Waals surface area contributed by atoms with Crippen LogP contribution >= 0.6 is 19.4 Å². The Balaban J connectivity index is 1.81. The highest BCUT2D eigenvalue weighted by Crippen LogP contribution is 2.43. The van der Waals surface area contributed by atoms with Gasteiger partial charge >= 0.3 is 13.6 Å². The van der Waals surface area contributed by atoms with Gasteiger partial charge in [0.1, 0.15) is 23.8 Å². The molecule has 2 aromatic rings. The second kappa shape index (κ2) is 9.97. The van der Waals surface area contributed by atoms with Gasteiger partial charge in [-0.1, -0.05) is 18.7 Å². The smallest absolute Gasteiger partial charge is 0.365 e.